The third-order valence-electron chi connectivity index (χ3n) is 3.28. The fourth-order valence-corrected chi connectivity index (χ4v) is 3.03. The first-order valence-corrected chi connectivity index (χ1v) is 8.37. The van der Waals surface area contributed by atoms with E-state index in [2.05, 4.69) is 0 Å². The highest BCUT2D eigenvalue weighted by molar-refractivity contribution is 14.1. The average molecular weight is 436 g/mol. The Balaban J connectivity index is 1.67. The number of halogens is 3. The Morgan fingerprint density at radius 1 is 1.26 bits per heavy atom. The number of para-hydroxylation sites is 1. The molecular weight excluding hydrogens is 417 g/mol. The zero-order valence-electron chi connectivity index (χ0n) is 12.9. The molecule has 0 N–H and O–H groups in total. The van der Waals surface area contributed by atoms with E-state index in [1.54, 1.807) is 7.11 Å². The molecule has 1 unspecified atom stereocenters. The lowest BCUT2D eigenvalue weighted by Crippen LogP contribution is -2.27. The average Bonchev–Trinajstić information content (AvgIpc) is 2.49. The normalized spacial score (nSPS) is 20.9. The number of benzene rings is 1. The predicted octanol–water partition coefficient (Wildman–Crippen LogP) is 4.86. The second kappa shape index (κ2) is 8.75. The molecule has 0 bridgehead atoms. The van der Waals surface area contributed by atoms with Crippen LogP contribution in [0.2, 0.25) is 0 Å². The summed E-state index contributed by atoms with van der Waals surface area (Å²) in [6, 6.07) is 7.60. The second-order valence-corrected chi connectivity index (χ2v) is 6.40. The number of hydrogen-bond acceptors (Lipinski definition) is 3. The minimum Gasteiger partial charge on any atom is -0.496 e. The molecular formula is C17H19F2IO3. The number of methoxy groups -OCH3 is 1. The van der Waals surface area contributed by atoms with Crippen molar-refractivity contribution in [2.45, 2.75) is 25.3 Å². The van der Waals surface area contributed by atoms with Crippen molar-refractivity contribution < 1.29 is 23.0 Å². The van der Waals surface area contributed by atoms with Crippen LogP contribution >= 0.6 is 22.6 Å². The quantitative estimate of drug-likeness (QED) is 0.431. The predicted molar refractivity (Wildman–Crippen MR) is 93.0 cm³/mol. The van der Waals surface area contributed by atoms with Gasteiger partial charge in [0.25, 0.3) is 0 Å². The van der Waals surface area contributed by atoms with Gasteiger partial charge >= 0.3 is 0 Å². The molecule has 0 heterocycles. The molecule has 126 valence electrons. The Bertz CT molecular complexity index is 589. The molecule has 0 aliphatic heterocycles. The highest BCUT2D eigenvalue weighted by Crippen LogP contribution is 2.34. The molecule has 6 heteroatoms. The number of ether oxygens (including phenoxy) is 3. The molecule has 1 aromatic carbocycles. The summed E-state index contributed by atoms with van der Waals surface area (Å²) in [5.41, 5.74) is 0.954. The molecule has 0 amide bonds. The lowest BCUT2D eigenvalue weighted by atomic mass is 10.1. The van der Waals surface area contributed by atoms with Gasteiger partial charge in [-0.15, -0.1) is 0 Å². The van der Waals surface area contributed by atoms with Gasteiger partial charge in [-0.1, -0.05) is 18.2 Å². The van der Waals surface area contributed by atoms with E-state index in [1.807, 2.05) is 46.9 Å². The molecule has 0 radical (unpaired) electrons. The van der Waals surface area contributed by atoms with Crippen LogP contribution in [0.1, 0.15) is 18.4 Å². The van der Waals surface area contributed by atoms with Gasteiger partial charge in [-0.2, -0.15) is 0 Å². The van der Waals surface area contributed by atoms with Crippen molar-refractivity contribution in [3.63, 3.8) is 0 Å². The zero-order valence-corrected chi connectivity index (χ0v) is 15.0. The number of rotatable bonds is 8. The molecule has 1 aromatic rings. The molecule has 1 atom stereocenters. The van der Waals surface area contributed by atoms with Gasteiger partial charge < -0.3 is 14.2 Å². The van der Waals surface area contributed by atoms with Gasteiger partial charge in [-0.3, -0.25) is 0 Å². The van der Waals surface area contributed by atoms with Crippen LogP contribution < -0.4 is 4.74 Å². The number of allylic oxidation sites excluding steroid dienone is 2. The van der Waals surface area contributed by atoms with Crippen molar-refractivity contribution in [3.05, 3.63) is 51.4 Å². The van der Waals surface area contributed by atoms with Gasteiger partial charge in [-0.05, 0) is 47.2 Å². The van der Waals surface area contributed by atoms with Crippen molar-refractivity contribution in [2.24, 2.45) is 0 Å². The van der Waals surface area contributed by atoms with E-state index >= 15 is 0 Å². The maximum absolute atomic E-state index is 14.3. The van der Waals surface area contributed by atoms with Crippen molar-refractivity contribution >= 4 is 22.6 Å². The van der Waals surface area contributed by atoms with Crippen molar-refractivity contribution in [1.29, 1.82) is 0 Å². The van der Waals surface area contributed by atoms with Gasteiger partial charge in [0.2, 0.25) is 5.85 Å². The summed E-state index contributed by atoms with van der Waals surface area (Å²) < 4.78 is 44.0. The third kappa shape index (κ3) is 5.86. The number of alkyl halides is 1. The van der Waals surface area contributed by atoms with E-state index in [9.17, 15) is 8.78 Å². The van der Waals surface area contributed by atoms with Crippen LogP contribution in [-0.2, 0) is 16.1 Å². The van der Waals surface area contributed by atoms with E-state index in [0.717, 1.165) is 11.3 Å². The maximum atomic E-state index is 14.3. The van der Waals surface area contributed by atoms with E-state index < -0.39 is 11.7 Å². The lowest BCUT2D eigenvalue weighted by Gasteiger charge is -2.24. The highest BCUT2D eigenvalue weighted by Gasteiger charge is 2.32. The SMILES string of the molecule is COc1ccccc1COCCCOC1(F)C=C(I)C=C(F)C1. The molecule has 2 rings (SSSR count). The monoisotopic (exact) mass is 436 g/mol. The van der Waals surface area contributed by atoms with Crippen LogP contribution in [0.15, 0.2) is 45.8 Å². The Kier molecular flexibility index (Phi) is 6.98. The summed E-state index contributed by atoms with van der Waals surface area (Å²) in [6.45, 7) is 1.00. The van der Waals surface area contributed by atoms with Gasteiger partial charge in [0.1, 0.15) is 11.6 Å². The molecule has 0 fully saturated rings. The van der Waals surface area contributed by atoms with Crippen LogP contribution in [0.25, 0.3) is 0 Å². The molecule has 0 saturated heterocycles. The van der Waals surface area contributed by atoms with Crippen molar-refractivity contribution in [2.75, 3.05) is 20.3 Å². The Labute approximate surface area is 148 Å². The van der Waals surface area contributed by atoms with E-state index in [4.69, 9.17) is 14.2 Å². The summed E-state index contributed by atoms with van der Waals surface area (Å²) in [4.78, 5) is 0. The van der Waals surface area contributed by atoms with Gasteiger partial charge in [0.15, 0.2) is 0 Å². The standard InChI is InChI=1S/C17H19F2IO3/c1-21-16-6-3-2-5-13(16)12-22-7-4-8-23-17(19)10-14(18)9-15(20)11-17/h2-3,5-6,9,11H,4,7-8,10,12H2,1H3. The summed E-state index contributed by atoms with van der Waals surface area (Å²) in [5, 5.41) is 0. The van der Waals surface area contributed by atoms with Gasteiger partial charge in [0.05, 0.1) is 26.7 Å². The summed E-state index contributed by atoms with van der Waals surface area (Å²) in [7, 11) is 1.61. The molecule has 0 saturated carbocycles. The van der Waals surface area contributed by atoms with E-state index in [0.29, 0.717) is 23.2 Å². The molecule has 0 spiro atoms. The Morgan fingerprint density at radius 3 is 2.78 bits per heavy atom. The minimum absolute atomic E-state index is 0.163. The first-order valence-electron chi connectivity index (χ1n) is 7.29. The maximum Gasteiger partial charge on any atom is 0.236 e. The fourth-order valence-electron chi connectivity index (χ4n) is 2.23. The van der Waals surface area contributed by atoms with Crippen molar-refractivity contribution in [3.8, 4) is 5.75 Å². The summed E-state index contributed by atoms with van der Waals surface area (Å²) in [6.07, 6.45) is 2.75. The molecule has 1 aliphatic carbocycles. The van der Waals surface area contributed by atoms with Crippen molar-refractivity contribution in [1.82, 2.24) is 0 Å². The zero-order chi connectivity index (χ0) is 16.7. The van der Waals surface area contributed by atoms with Crippen LogP contribution in [0.3, 0.4) is 0 Å². The number of hydrogen-bond donors (Lipinski definition) is 0. The molecule has 1 aliphatic rings. The van der Waals surface area contributed by atoms with Gasteiger partial charge in [0, 0.05) is 15.8 Å². The van der Waals surface area contributed by atoms with Crippen LogP contribution in [0, 0.1) is 0 Å². The first kappa shape index (κ1) is 18.4. The Morgan fingerprint density at radius 2 is 2.04 bits per heavy atom. The Hall–Kier alpha value is -0.990. The molecule has 3 nitrogen and oxygen atoms in total. The smallest absolute Gasteiger partial charge is 0.236 e. The van der Waals surface area contributed by atoms with Crippen LogP contribution in [-0.4, -0.2) is 26.2 Å². The second-order valence-electron chi connectivity index (χ2n) is 5.15. The first-order chi connectivity index (χ1) is 11.0. The molecule has 0 aromatic heterocycles. The lowest BCUT2D eigenvalue weighted by molar-refractivity contribution is -0.113. The third-order valence-corrected chi connectivity index (χ3v) is 3.91. The fraction of sp³-hybridized carbons (Fsp3) is 0.412. The minimum atomic E-state index is -2.06. The largest absolute Gasteiger partial charge is 0.496 e. The van der Waals surface area contributed by atoms with E-state index in [-0.39, 0.29) is 13.0 Å². The molecule has 23 heavy (non-hydrogen) atoms. The highest BCUT2D eigenvalue weighted by atomic mass is 127. The summed E-state index contributed by atoms with van der Waals surface area (Å²) in [5.74, 6) is -1.79. The van der Waals surface area contributed by atoms with Crippen LogP contribution in [0.4, 0.5) is 8.78 Å². The van der Waals surface area contributed by atoms with E-state index in [1.165, 1.54) is 12.2 Å². The summed E-state index contributed by atoms with van der Waals surface area (Å²) >= 11 is 1.87. The van der Waals surface area contributed by atoms with Gasteiger partial charge in [-0.25, -0.2) is 8.78 Å². The van der Waals surface area contributed by atoms with Crippen LogP contribution in [0.5, 0.6) is 5.75 Å². The topological polar surface area (TPSA) is 27.7 Å².